The number of amides is 1. The van der Waals surface area contributed by atoms with Crippen LogP contribution in [0.2, 0.25) is 0 Å². The van der Waals surface area contributed by atoms with Gasteiger partial charge in [0.15, 0.2) is 5.69 Å². The molecule has 1 aliphatic rings. The quantitative estimate of drug-likeness (QED) is 0.907. The number of rotatable bonds is 4. The van der Waals surface area contributed by atoms with E-state index in [9.17, 15) is 4.79 Å². The van der Waals surface area contributed by atoms with E-state index >= 15 is 0 Å². The predicted octanol–water partition coefficient (Wildman–Crippen LogP) is 2.28. The number of anilines is 1. The fraction of sp³-hybridized carbons (Fsp3) is 0.714. The molecule has 5 nitrogen and oxygen atoms in total. The van der Waals surface area contributed by atoms with Crippen LogP contribution in [0, 0.1) is 0 Å². The molecule has 0 spiro atoms. The van der Waals surface area contributed by atoms with E-state index in [2.05, 4.69) is 5.10 Å². The van der Waals surface area contributed by atoms with Crippen LogP contribution in [0.4, 0.5) is 5.69 Å². The number of aromatic nitrogens is 2. The number of nitrogens with zero attached hydrogens (tertiary/aromatic N) is 3. The third-order valence-corrected chi connectivity index (χ3v) is 3.93. The van der Waals surface area contributed by atoms with E-state index < -0.39 is 0 Å². The number of hydrogen-bond donors (Lipinski definition) is 1. The minimum atomic E-state index is -0.0147. The highest BCUT2D eigenvalue weighted by Gasteiger charge is 2.27. The molecular formula is C14H24N4O. The molecule has 1 heterocycles. The number of carbonyl (C=O) groups excluding carboxylic acids is 1. The fourth-order valence-corrected chi connectivity index (χ4v) is 2.86. The Morgan fingerprint density at radius 2 is 2.11 bits per heavy atom. The molecule has 0 radical (unpaired) electrons. The summed E-state index contributed by atoms with van der Waals surface area (Å²) in [6.07, 6.45) is 7.67. The van der Waals surface area contributed by atoms with Gasteiger partial charge < -0.3 is 10.6 Å². The summed E-state index contributed by atoms with van der Waals surface area (Å²) in [6, 6.07) is 0.359. The maximum Gasteiger partial charge on any atom is 0.276 e. The Bertz CT molecular complexity index is 435. The van der Waals surface area contributed by atoms with E-state index in [1.54, 1.807) is 10.9 Å². The van der Waals surface area contributed by atoms with Crippen LogP contribution in [0.5, 0.6) is 0 Å². The molecule has 1 aromatic rings. The van der Waals surface area contributed by atoms with Gasteiger partial charge in [0.25, 0.3) is 5.91 Å². The third kappa shape index (κ3) is 2.91. The molecule has 0 unspecified atom stereocenters. The molecule has 1 aromatic heterocycles. The van der Waals surface area contributed by atoms with Crippen molar-refractivity contribution in [3.63, 3.8) is 0 Å². The number of nitrogen functional groups attached to an aromatic ring is 1. The molecule has 1 amide bonds. The highest BCUT2D eigenvalue weighted by Crippen LogP contribution is 2.24. The molecular weight excluding hydrogens is 240 g/mol. The van der Waals surface area contributed by atoms with Gasteiger partial charge in [-0.1, -0.05) is 19.3 Å². The minimum Gasteiger partial charge on any atom is -0.396 e. The average molecular weight is 264 g/mol. The Hall–Kier alpha value is -1.52. The number of nitrogens with two attached hydrogens (primary N) is 1. The Kier molecular flexibility index (Phi) is 4.45. The van der Waals surface area contributed by atoms with Gasteiger partial charge in [0.05, 0.1) is 5.69 Å². The Morgan fingerprint density at radius 1 is 1.42 bits per heavy atom. The summed E-state index contributed by atoms with van der Waals surface area (Å²) in [6.45, 7) is 5.47. The maximum atomic E-state index is 12.6. The molecule has 0 bridgehead atoms. The highest BCUT2D eigenvalue weighted by atomic mass is 16.2. The van der Waals surface area contributed by atoms with Gasteiger partial charge in [0.1, 0.15) is 0 Å². The van der Waals surface area contributed by atoms with Crippen molar-refractivity contribution in [2.45, 2.75) is 58.5 Å². The molecule has 1 aliphatic carbocycles. The van der Waals surface area contributed by atoms with E-state index in [0.717, 1.165) is 25.9 Å². The topological polar surface area (TPSA) is 64.2 Å². The van der Waals surface area contributed by atoms with Crippen molar-refractivity contribution in [1.82, 2.24) is 14.7 Å². The van der Waals surface area contributed by atoms with Crippen LogP contribution >= 0.6 is 0 Å². The van der Waals surface area contributed by atoms with Crippen molar-refractivity contribution in [3.05, 3.63) is 11.9 Å². The lowest BCUT2D eigenvalue weighted by molar-refractivity contribution is 0.0642. The number of hydrogen-bond acceptors (Lipinski definition) is 3. The molecule has 1 fully saturated rings. The van der Waals surface area contributed by atoms with Crippen molar-refractivity contribution in [2.24, 2.45) is 0 Å². The molecule has 1 saturated carbocycles. The molecule has 2 rings (SSSR count). The van der Waals surface area contributed by atoms with E-state index in [0.29, 0.717) is 17.4 Å². The largest absolute Gasteiger partial charge is 0.396 e. The lowest BCUT2D eigenvalue weighted by atomic mass is 9.94. The van der Waals surface area contributed by atoms with E-state index in [1.165, 1.54) is 19.3 Å². The van der Waals surface area contributed by atoms with Crippen LogP contribution < -0.4 is 5.73 Å². The zero-order valence-corrected chi connectivity index (χ0v) is 11.9. The van der Waals surface area contributed by atoms with Crippen molar-refractivity contribution in [2.75, 3.05) is 12.3 Å². The second-order valence-electron chi connectivity index (χ2n) is 5.17. The molecule has 0 atom stereocenters. The first-order valence-electron chi connectivity index (χ1n) is 7.31. The molecule has 0 aromatic carbocycles. The summed E-state index contributed by atoms with van der Waals surface area (Å²) in [5.74, 6) is -0.0147. The summed E-state index contributed by atoms with van der Waals surface area (Å²) in [5, 5.41) is 4.29. The first-order valence-corrected chi connectivity index (χ1v) is 7.31. The van der Waals surface area contributed by atoms with Crippen LogP contribution in [-0.2, 0) is 6.54 Å². The van der Waals surface area contributed by atoms with Crippen LogP contribution in [0.15, 0.2) is 6.20 Å². The Labute approximate surface area is 114 Å². The van der Waals surface area contributed by atoms with Gasteiger partial charge in [-0.3, -0.25) is 9.48 Å². The molecule has 2 N–H and O–H groups in total. The second kappa shape index (κ2) is 6.08. The number of carbonyl (C=O) groups is 1. The molecule has 0 saturated heterocycles. The first kappa shape index (κ1) is 13.9. The minimum absolute atomic E-state index is 0.0147. The molecule has 106 valence electrons. The summed E-state index contributed by atoms with van der Waals surface area (Å²) in [5.41, 5.74) is 6.81. The van der Waals surface area contributed by atoms with Crippen LogP contribution in [0.1, 0.15) is 56.4 Å². The van der Waals surface area contributed by atoms with Crippen molar-refractivity contribution < 1.29 is 4.79 Å². The second-order valence-corrected chi connectivity index (χ2v) is 5.17. The van der Waals surface area contributed by atoms with Gasteiger partial charge in [-0.15, -0.1) is 0 Å². The predicted molar refractivity (Wildman–Crippen MR) is 75.9 cm³/mol. The zero-order valence-electron chi connectivity index (χ0n) is 11.9. The summed E-state index contributed by atoms with van der Waals surface area (Å²) in [4.78, 5) is 14.5. The normalized spacial score (nSPS) is 16.5. The smallest absolute Gasteiger partial charge is 0.276 e. The van der Waals surface area contributed by atoms with E-state index in [1.807, 2.05) is 18.7 Å². The van der Waals surface area contributed by atoms with E-state index in [-0.39, 0.29) is 5.91 Å². The number of aryl methyl sites for hydroxylation is 1. The average Bonchev–Trinajstić information content (AvgIpc) is 2.82. The Morgan fingerprint density at radius 3 is 2.63 bits per heavy atom. The maximum absolute atomic E-state index is 12.6. The summed E-state index contributed by atoms with van der Waals surface area (Å²) < 4.78 is 1.72. The molecule has 0 aliphatic heterocycles. The van der Waals surface area contributed by atoms with Crippen molar-refractivity contribution >= 4 is 11.6 Å². The van der Waals surface area contributed by atoms with Gasteiger partial charge in [0, 0.05) is 25.3 Å². The van der Waals surface area contributed by atoms with Gasteiger partial charge in [-0.05, 0) is 26.7 Å². The van der Waals surface area contributed by atoms with Crippen LogP contribution in [-0.4, -0.2) is 33.2 Å². The van der Waals surface area contributed by atoms with Gasteiger partial charge in [-0.2, -0.15) is 5.10 Å². The third-order valence-electron chi connectivity index (χ3n) is 3.93. The monoisotopic (exact) mass is 264 g/mol. The lowest BCUT2D eigenvalue weighted by Gasteiger charge is -2.33. The standard InChI is InChI=1S/C14H24N4O/c1-3-17-10-12(15)13(16-17)14(19)18(4-2)11-8-6-5-7-9-11/h10-11H,3-9,15H2,1-2H3. The van der Waals surface area contributed by atoms with E-state index in [4.69, 9.17) is 5.73 Å². The van der Waals surface area contributed by atoms with Crippen molar-refractivity contribution in [3.8, 4) is 0 Å². The summed E-state index contributed by atoms with van der Waals surface area (Å²) >= 11 is 0. The molecule has 5 heteroatoms. The van der Waals surface area contributed by atoms with Crippen LogP contribution in [0.3, 0.4) is 0 Å². The zero-order chi connectivity index (χ0) is 13.8. The lowest BCUT2D eigenvalue weighted by Crippen LogP contribution is -2.41. The van der Waals surface area contributed by atoms with Crippen LogP contribution in [0.25, 0.3) is 0 Å². The molecule has 19 heavy (non-hydrogen) atoms. The first-order chi connectivity index (χ1) is 9.17. The SMILES string of the molecule is CCN(C(=O)c1nn(CC)cc1N)C1CCCCC1. The van der Waals surface area contributed by atoms with Gasteiger partial charge in [-0.25, -0.2) is 0 Å². The van der Waals surface area contributed by atoms with Gasteiger partial charge >= 0.3 is 0 Å². The Balaban J connectivity index is 2.17. The fourth-order valence-electron chi connectivity index (χ4n) is 2.86. The van der Waals surface area contributed by atoms with Crippen molar-refractivity contribution in [1.29, 1.82) is 0 Å². The highest BCUT2D eigenvalue weighted by molar-refractivity contribution is 5.97. The van der Waals surface area contributed by atoms with Gasteiger partial charge in [0.2, 0.25) is 0 Å². The summed E-state index contributed by atoms with van der Waals surface area (Å²) in [7, 11) is 0.